The molecule has 0 unspecified atom stereocenters. The van der Waals surface area contributed by atoms with Crippen LogP contribution in [-0.4, -0.2) is 70.4 Å². The quantitative estimate of drug-likeness (QED) is 0.145. The van der Waals surface area contributed by atoms with E-state index >= 15 is 0 Å². The number of nitrogens with zero attached hydrogens (tertiary/aromatic N) is 2. The van der Waals surface area contributed by atoms with E-state index in [4.69, 9.17) is 4.74 Å². The van der Waals surface area contributed by atoms with Crippen LogP contribution in [0.1, 0.15) is 58.8 Å². The summed E-state index contributed by atoms with van der Waals surface area (Å²) in [7, 11) is -1.48. The number of sulfonamides is 1. The molecular formula is C18H39IN4O3S. The van der Waals surface area contributed by atoms with Gasteiger partial charge in [0, 0.05) is 33.2 Å². The summed E-state index contributed by atoms with van der Waals surface area (Å²) in [5.41, 5.74) is 0. The van der Waals surface area contributed by atoms with Crippen LogP contribution in [-0.2, 0) is 14.8 Å². The highest BCUT2D eigenvalue weighted by Gasteiger charge is 2.14. The summed E-state index contributed by atoms with van der Waals surface area (Å²) in [6, 6.07) is 0. The molecule has 0 heterocycles. The lowest BCUT2D eigenvalue weighted by molar-refractivity contribution is 0.0468. The number of hydrogen-bond donors (Lipinski definition) is 2. The molecule has 0 aromatic heterocycles. The Kier molecular flexibility index (Phi) is 15.7. The standard InChI is InChI=1S/C18H38N4O3S.HI/c1-4-19-18(20-13-10-15-22(3)26(23,24)5-2)21-14-16-25-17-11-8-6-7-9-12-17;/h17H,4-16H2,1-3H3,(H2,19,20,21);1H. The first-order valence-electron chi connectivity index (χ1n) is 10.1. The maximum atomic E-state index is 11.7. The van der Waals surface area contributed by atoms with Gasteiger partial charge in [-0.1, -0.05) is 25.7 Å². The lowest BCUT2D eigenvalue weighted by Gasteiger charge is -2.17. The smallest absolute Gasteiger partial charge is 0.213 e. The number of nitrogens with one attached hydrogen (secondary N) is 2. The molecule has 162 valence electrons. The summed E-state index contributed by atoms with van der Waals surface area (Å²) in [5, 5.41) is 6.50. The molecule has 7 nitrogen and oxygen atoms in total. The van der Waals surface area contributed by atoms with E-state index < -0.39 is 10.0 Å². The van der Waals surface area contributed by atoms with Crippen LogP contribution in [0.5, 0.6) is 0 Å². The average Bonchev–Trinajstić information content (AvgIpc) is 2.90. The zero-order valence-corrected chi connectivity index (χ0v) is 20.4. The van der Waals surface area contributed by atoms with Gasteiger partial charge in [-0.3, -0.25) is 4.99 Å². The van der Waals surface area contributed by atoms with Gasteiger partial charge in [0.25, 0.3) is 0 Å². The molecule has 0 spiro atoms. The minimum absolute atomic E-state index is 0. The second-order valence-corrected chi connectivity index (χ2v) is 9.11. The fraction of sp³-hybridized carbons (Fsp3) is 0.944. The number of ether oxygens (including phenoxy) is 1. The predicted molar refractivity (Wildman–Crippen MR) is 124 cm³/mol. The van der Waals surface area contributed by atoms with E-state index in [2.05, 4.69) is 15.6 Å². The van der Waals surface area contributed by atoms with E-state index in [1.54, 1.807) is 14.0 Å². The fourth-order valence-corrected chi connectivity index (χ4v) is 3.84. The van der Waals surface area contributed by atoms with Crippen LogP contribution in [0, 0.1) is 0 Å². The summed E-state index contributed by atoms with van der Waals surface area (Å²) < 4.78 is 30.8. The zero-order chi connectivity index (χ0) is 19.3. The maximum absolute atomic E-state index is 11.7. The molecule has 2 N–H and O–H groups in total. The second-order valence-electron chi connectivity index (χ2n) is 6.75. The van der Waals surface area contributed by atoms with Gasteiger partial charge >= 0.3 is 0 Å². The molecule has 0 atom stereocenters. The van der Waals surface area contributed by atoms with Crippen molar-refractivity contribution in [2.75, 3.05) is 45.6 Å². The molecule has 0 radical (unpaired) electrons. The third kappa shape index (κ3) is 12.1. The Bertz CT molecular complexity index is 495. The number of guanidine groups is 1. The molecule has 0 bridgehead atoms. The molecule has 0 saturated heterocycles. The van der Waals surface area contributed by atoms with Crippen molar-refractivity contribution in [3.63, 3.8) is 0 Å². The Morgan fingerprint density at radius 3 is 2.41 bits per heavy atom. The van der Waals surface area contributed by atoms with E-state index in [9.17, 15) is 8.42 Å². The highest BCUT2D eigenvalue weighted by molar-refractivity contribution is 14.0. The lowest BCUT2D eigenvalue weighted by Crippen LogP contribution is -2.39. The van der Waals surface area contributed by atoms with Crippen molar-refractivity contribution in [1.29, 1.82) is 0 Å². The molecule has 1 aliphatic carbocycles. The van der Waals surface area contributed by atoms with Gasteiger partial charge in [-0.2, -0.15) is 0 Å². The first-order chi connectivity index (χ1) is 12.5. The van der Waals surface area contributed by atoms with Gasteiger partial charge in [-0.05, 0) is 33.1 Å². The largest absolute Gasteiger partial charge is 0.376 e. The molecule has 1 saturated carbocycles. The SMILES string of the molecule is CCNC(=NCCCN(C)S(=O)(=O)CC)NCCOC1CCCCCC1.I. The Morgan fingerprint density at radius 2 is 1.81 bits per heavy atom. The Hall–Kier alpha value is -0.130. The Labute approximate surface area is 183 Å². The number of rotatable bonds is 11. The second kappa shape index (κ2) is 15.8. The fourth-order valence-electron chi connectivity index (χ4n) is 2.99. The highest BCUT2D eigenvalue weighted by Crippen LogP contribution is 2.19. The molecule has 1 aliphatic rings. The van der Waals surface area contributed by atoms with Gasteiger partial charge in [-0.25, -0.2) is 12.7 Å². The Morgan fingerprint density at radius 1 is 1.15 bits per heavy atom. The van der Waals surface area contributed by atoms with E-state index in [1.807, 2.05) is 6.92 Å². The van der Waals surface area contributed by atoms with Gasteiger partial charge in [0.15, 0.2) is 5.96 Å². The highest BCUT2D eigenvalue weighted by atomic mass is 127. The molecular weight excluding hydrogens is 479 g/mol. The summed E-state index contributed by atoms with van der Waals surface area (Å²) in [6.07, 6.45) is 8.72. The lowest BCUT2D eigenvalue weighted by atomic mass is 10.1. The molecule has 0 aromatic carbocycles. The van der Waals surface area contributed by atoms with Crippen molar-refractivity contribution >= 4 is 40.0 Å². The summed E-state index contributed by atoms with van der Waals surface area (Å²) in [6.45, 7) is 6.97. The topological polar surface area (TPSA) is 83.0 Å². The van der Waals surface area contributed by atoms with Gasteiger partial charge in [-0.15, -0.1) is 24.0 Å². The first kappa shape index (κ1) is 26.9. The van der Waals surface area contributed by atoms with E-state index in [1.165, 1.54) is 42.8 Å². The summed E-state index contributed by atoms with van der Waals surface area (Å²) in [4.78, 5) is 4.51. The normalized spacial score (nSPS) is 16.7. The molecule has 0 aromatic rings. The third-order valence-corrected chi connectivity index (χ3v) is 6.50. The van der Waals surface area contributed by atoms with Crippen molar-refractivity contribution in [1.82, 2.24) is 14.9 Å². The van der Waals surface area contributed by atoms with Crippen molar-refractivity contribution in [2.24, 2.45) is 4.99 Å². The van der Waals surface area contributed by atoms with Crippen molar-refractivity contribution < 1.29 is 13.2 Å². The van der Waals surface area contributed by atoms with Crippen LogP contribution in [0.25, 0.3) is 0 Å². The van der Waals surface area contributed by atoms with Gasteiger partial charge in [0.1, 0.15) is 0 Å². The predicted octanol–water partition coefficient (Wildman–Crippen LogP) is 2.57. The molecule has 0 amide bonds. The van der Waals surface area contributed by atoms with Crippen molar-refractivity contribution in [3.05, 3.63) is 0 Å². The molecule has 9 heteroatoms. The Balaban J connectivity index is 0.00000676. The van der Waals surface area contributed by atoms with Crippen LogP contribution in [0.4, 0.5) is 0 Å². The molecule has 1 rings (SSSR count). The minimum Gasteiger partial charge on any atom is -0.376 e. The minimum atomic E-state index is -3.10. The zero-order valence-electron chi connectivity index (χ0n) is 17.2. The molecule has 27 heavy (non-hydrogen) atoms. The van der Waals surface area contributed by atoms with E-state index in [0.29, 0.717) is 32.2 Å². The van der Waals surface area contributed by atoms with Gasteiger partial charge in [0.05, 0.1) is 18.5 Å². The van der Waals surface area contributed by atoms with Crippen LogP contribution in [0.3, 0.4) is 0 Å². The summed E-state index contributed by atoms with van der Waals surface area (Å²) in [5.74, 6) is 0.899. The molecule has 0 aliphatic heterocycles. The molecule has 1 fully saturated rings. The number of aliphatic imine (C=N–C) groups is 1. The van der Waals surface area contributed by atoms with Gasteiger partial charge < -0.3 is 15.4 Å². The van der Waals surface area contributed by atoms with Crippen LogP contribution in [0.2, 0.25) is 0 Å². The monoisotopic (exact) mass is 518 g/mol. The first-order valence-corrected chi connectivity index (χ1v) is 11.7. The van der Waals surface area contributed by atoms with E-state index in [0.717, 1.165) is 19.0 Å². The summed E-state index contributed by atoms with van der Waals surface area (Å²) >= 11 is 0. The maximum Gasteiger partial charge on any atom is 0.213 e. The van der Waals surface area contributed by atoms with E-state index in [-0.39, 0.29) is 29.7 Å². The van der Waals surface area contributed by atoms with Crippen LogP contribution in [0.15, 0.2) is 4.99 Å². The van der Waals surface area contributed by atoms with Crippen LogP contribution >= 0.6 is 24.0 Å². The van der Waals surface area contributed by atoms with Crippen molar-refractivity contribution in [3.8, 4) is 0 Å². The number of halogens is 1. The van der Waals surface area contributed by atoms with Crippen molar-refractivity contribution in [2.45, 2.75) is 64.9 Å². The van der Waals surface area contributed by atoms with Crippen LogP contribution < -0.4 is 10.6 Å². The average molecular weight is 519 g/mol. The van der Waals surface area contributed by atoms with Gasteiger partial charge in [0.2, 0.25) is 10.0 Å². The third-order valence-electron chi connectivity index (χ3n) is 4.64. The number of hydrogen-bond acceptors (Lipinski definition) is 4.